The van der Waals surface area contributed by atoms with Crippen LogP contribution in [0.2, 0.25) is 0 Å². The molecular formula is C15H21NO3. The second-order valence-electron chi connectivity index (χ2n) is 5.01. The molecule has 0 aliphatic heterocycles. The molecule has 0 spiro atoms. The molecule has 1 aromatic carbocycles. The summed E-state index contributed by atoms with van der Waals surface area (Å²) in [4.78, 5) is 13.7. The molecule has 1 fully saturated rings. The molecule has 19 heavy (non-hydrogen) atoms. The first-order valence-corrected chi connectivity index (χ1v) is 6.68. The third-order valence-corrected chi connectivity index (χ3v) is 3.51. The smallest absolute Gasteiger partial charge is 0.159 e. The van der Waals surface area contributed by atoms with Gasteiger partial charge in [-0.05, 0) is 38.0 Å². The van der Waals surface area contributed by atoms with Gasteiger partial charge in [-0.3, -0.25) is 9.69 Å². The maximum atomic E-state index is 11.5. The van der Waals surface area contributed by atoms with Gasteiger partial charge in [0.15, 0.2) is 5.78 Å². The maximum Gasteiger partial charge on any atom is 0.159 e. The lowest BCUT2D eigenvalue weighted by molar-refractivity contribution is 0.101. The lowest BCUT2D eigenvalue weighted by Gasteiger charge is -2.22. The Kier molecular flexibility index (Phi) is 4.56. The molecule has 0 saturated heterocycles. The van der Waals surface area contributed by atoms with E-state index in [1.54, 1.807) is 20.1 Å². The van der Waals surface area contributed by atoms with E-state index in [1.165, 1.54) is 12.8 Å². The van der Waals surface area contributed by atoms with Crippen molar-refractivity contribution in [1.29, 1.82) is 0 Å². The number of rotatable bonds is 7. The summed E-state index contributed by atoms with van der Waals surface area (Å²) in [6.45, 7) is 3.11. The topological polar surface area (TPSA) is 49.8 Å². The van der Waals surface area contributed by atoms with Crippen molar-refractivity contribution in [1.82, 2.24) is 4.90 Å². The summed E-state index contributed by atoms with van der Waals surface area (Å²) in [6.07, 6.45) is 2.38. The molecule has 104 valence electrons. The molecule has 1 aromatic rings. The van der Waals surface area contributed by atoms with Crippen LogP contribution in [0.5, 0.6) is 5.75 Å². The SMILES string of the molecule is COc1ccc(C(C)=O)cc1CN(CCO)C1CC1. The van der Waals surface area contributed by atoms with Gasteiger partial charge in [-0.25, -0.2) is 0 Å². The van der Waals surface area contributed by atoms with Crippen molar-refractivity contribution in [2.75, 3.05) is 20.3 Å². The number of nitrogens with zero attached hydrogens (tertiary/aromatic N) is 1. The van der Waals surface area contributed by atoms with Gasteiger partial charge in [-0.15, -0.1) is 0 Å². The van der Waals surface area contributed by atoms with Crippen LogP contribution in [0.1, 0.15) is 35.7 Å². The Morgan fingerprint density at radius 3 is 2.74 bits per heavy atom. The van der Waals surface area contributed by atoms with Crippen LogP contribution in [-0.2, 0) is 6.54 Å². The fourth-order valence-electron chi connectivity index (χ4n) is 2.30. The van der Waals surface area contributed by atoms with E-state index in [1.807, 2.05) is 12.1 Å². The van der Waals surface area contributed by atoms with Gasteiger partial charge in [0.2, 0.25) is 0 Å². The minimum atomic E-state index is 0.0593. The van der Waals surface area contributed by atoms with E-state index in [0.29, 0.717) is 18.2 Å². The minimum Gasteiger partial charge on any atom is -0.496 e. The van der Waals surface area contributed by atoms with Crippen LogP contribution < -0.4 is 4.74 Å². The first-order valence-electron chi connectivity index (χ1n) is 6.68. The zero-order valence-electron chi connectivity index (χ0n) is 11.6. The lowest BCUT2D eigenvalue weighted by atomic mass is 10.1. The number of carbonyl (C=O) groups excluding carboxylic acids is 1. The number of aliphatic hydroxyl groups excluding tert-OH is 1. The van der Waals surface area contributed by atoms with Crippen molar-refractivity contribution < 1.29 is 14.6 Å². The van der Waals surface area contributed by atoms with Crippen LogP contribution >= 0.6 is 0 Å². The number of hydrogen-bond acceptors (Lipinski definition) is 4. The highest BCUT2D eigenvalue weighted by atomic mass is 16.5. The summed E-state index contributed by atoms with van der Waals surface area (Å²) >= 11 is 0. The molecule has 2 rings (SSSR count). The first-order chi connectivity index (χ1) is 9.15. The van der Waals surface area contributed by atoms with Crippen molar-refractivity contribution in [3.05, 3.63) is 29.3 Å². The average molecular weight is 263 g/mol. The van der Waals surface area contributed by atoms with Crippen molar-refractivity contribution >= 4 is 5.78 Å². The van der Waals surface area contributed by atoms with Crippen molar-refractivity contribution in [3.63, 3.8) is 0 Å². The third kappa shape index (κ3) is 3.55. The third-order valence-electron chi connectivity index (χ3n) is 3.51. The summed E-state index contributed by atoms with van der Waals surface area (Å²) < 4.78 is 5.36. The fraction of sp³-hybridized carbons (Fsp3) is 0.533. The number of Topliss-reactive ketones (excluding diaryl/α,β-unsaturated/α-hetero) is 1. The van der Waals surface area contributed by atoms with Gasteiger partial charge in [0.05, 0.1) is 13.7 Å². The van der Waals surface area contributed by atoms with Gasteiger partial charge in [0.25, 0.3) is 0 Å². The monoisotopic (exact) mass is 263 g/mol. The molecule has 1 saturated carbocycles. The minimum absolute atomic E-state index is 0.0593. The van der Waals surface area contributed by atoms with Crippen LogP contribution in [0.4, 0.5) is 0 Å². The van der Waals surface area contributed by atoms with Gasteiger partial charge < -0.3 is 9.84 Å². The second kappa shape index (κ2) is 6.17. The van der Waals surface area contributed by atoms with Crippen molar-refractivity contribution in [2.45, 2.75) is 32.4 Å². The van der Waals surface area contributed by atoms with Crippen LogP contribution in [0, 0.1) is 0 Å². The molecule has 0 unspecified atom stereocenters. The first kappa shape index (κ1) is 14.0. The molecule has 0 bridgehead atoms. The van der Waals surface area contributed by atoms with Crippen LogP contribution in [-0.4, -0.2) is 42.1 Å². The number of aliphatic hydroxyl groups is 1. The Bertz CT molecular complexity index is 455. The van der Waals surface area contributed by atoms with E-state index in [4.69, 9.17) is 9.84 Å². The largest absolute Gasteiger partial charge is 0.496 e. The summed E-state index contributed by atoms with van der Waals surface area (Å²) in [7, 11) is 1.64. The zero-order valence-corrected chi connectivity index (χ0v) is 11.6. The molecule has 1 aliphatic rings. The van der Waals surface area contributed by atoms with Gasteiger partial charge >= 0.3 is 0 Å². The molecular weight excluding hydrogens is 242 g/mol. The summed E-state index contributed by atoms with van der Waals surface area (Å²) in [5.41, 5.74) is 1.71. The molecule has 0 atom stereocenters. The van der Waals surface area contributed by atoms with Gasteiger partial charge in [-0.2, -0.15) is 0 Å². The summed E-state index contributed by atoms with van der Waals surface area (Å²) in [6, 6.07) is 6.10. The Balaban J connectivity index is 2.20. The number of benzene rings is 1. The van der Waals surface area contributed by atoms with Gasteiger partial charge in [0.1, 0.15) is 5.75 Å². The van der Waals surface area contributed by atoms with E-state index < -0.39 is 0 Å². The fourth-order valence-corrected chi connectivity index (χ4v) is 2.30. The Morgan fingerprint density at radius 2 is 2.21 bits per heavy atom. The molecule has 4 heteroatoms. The molecule has 0 heterocycles. The quantitative estimate of drug-likeness (QED) is 0.763. The highest BCUT2D eigenvalue weighted by Crippen LogP contribution is 2.30. The Morgan fingerprint density at radius 1 is 1.47 bits per heavy atom. The van der Waals surface area contributed by atoms with E-state index in [-0.39, 0.29) is 12.4 Å². The van der Waals surface area contributed by atoms with Crippen LogP contribution in [0.25, 0.3) is 0 Å². The number of ketones is 1. The predicted molar refractivity (Wildman–Crippen MR) is 73.5 cm³/mol. The van der Waals surface area contributed by atoms with Crippen LogP contribution in [0.3, 0.4) is 0 Å². The average Bonchev–Trinajstić information content (AvgIpc) is 3.22. The lowest BCUT2D eigenvalue weighted by Crippen LogP contribution is -2.28. The van der Waals surface area contributed by atoms with Crippen molar-refractivity contribution in [3.8, 4) is 5.75 Å². The van der Waals surface area contributed by atoms with E-state index in [9.17, 15) is 4.79 Å². The standard InChI is InChI=1S/C15H21NO3/c1-11(18)12-3-6-15(19-2)13(9-12)10-16(7-8-17)14-4-5-14/h3,6,9,14,17H,4-5,7-8,10H2,1-2H3. The number of methoxy groups -OCH3 is 1. The molecule has 0 aromatic heterocycles. The highest BCUT2D eigenvalue weighted by molar-refractivity contribution is 5.94. The molecule has 1 N–H and O–H groups in total. The Hall–Kier alpha value is -1.39. The van der Waals surface area contributed by atoms with E-state index >= 15 is 0 Å². The van der Waals surface area contributed by atoms with E-state index in [2.05, 4.69) is 4.90 Å². The normalized spacial score (nSPS) is 14.7. The second-order valence-corrected chi connectivity index (χ2v) is 5.01. The Labute approximate surface area is 114 Å². The predicted octanol–water partition coefficient (Wildman–Crippen LogP) is 1.85. The number of ether oxygens (including phenoxy) is 1. The summed E-state index contributed by atoms with van der Waals surface area (Å²) in [5, 5.41) is 9.13. The maximum absolute atomic E-state index is 11.5. The van der Waals surface area contributed by atoms with Gasteiger partial charge in [0, 0.05) is 30.3 Å². The van der Waals surface area contributed by atoms with Crippen LogP contribution in [0.15, 0.2) is 18.2 Å². The number of carbonyl (C=O) groups is 1. The highest BCUT2D eigenvalue weighted by Gasteiger charge is 2.29. The molecule has 0 amide bonds. The van der Waals surface area contributed by atoms with Gasteiger partial charge in [-0.1, -0.05) is 0 Å². The molecule has 4 nitrogen and oxygen atoms in total. The molecule has 1 aliphatic carbocycles. The van der Waals surface area contributed by atoms with Crippen molar-refractivity contribution in [2.24, 2.45) is 0 Å². The molecule has 0 radical (unpaired) electrons. The van der Waals surface area contributed by atoms with E-state index in [0.717, 1.165) is 17.9 Å². The number of hydrogen-bond donors (Lipinski definition) is 1. The zero-order chi connectivity index (χ0) is 13.8. The summed E-state index contributed by atoms with van der Waals surface area (Å²) in [5.74, 6) is 0.859.